The minimum absolute atomic E-state index is 0.0418. The van der Waals surface area contributed by atoms with Crippen LogP contribution in [0.15, 0.2) is 43.0 Å². The third-order valence-electron chi connectivity index (χ3n) is 3.66. The van der Waals surface area contributed by atoms with Crippen LogP contribution in [-0.2, 0) is 13.3 Å². The van der Waals surface area contributed by atoms with E-state index in [9.17, 15) is 0 Å². The Kier molecular flexibility index (Phi) is 11.9. The molecule has 0 heterocycles. The molecule has 1 rings (SSSR count). The van der Waals surface area contributed by atoms with E-state index >= 15 is 0 Å². The lowest BCUT2D eigenvalue weighted by atomic mass is 9.92. The van der Waals surface area contributed by atoms with Crippen LogP contribution in [0.25, 0.3) is 0 Å². The van der Waals surface area contributed by atoms with Crippen LogP contribution >= 0.6 is 0 Å². The second kappa shape index (κ2) is 12.4. The molecular formula is C17H32N2O3Si. The van der Waals surface area contributed by atoms with E-state index in [0.717, 1.165) is 12.5 Å². The van der Waals surface area contributed by atoms with Gasteiger partial charge in [-0.1, -0.05) is 49.8 Å². The molecule has 23 heavy (non-hydrogen) atoms. The highest BCUT2D eigenvalue weighted by Gasteiger charge is 2.36. The maximum Gasteiger partial charge on any atom is 0.500 e. The summed E-state index contributed by atoms with van der Waals surface area (Å²) in [6, 6.07) is 10.9. The average Bonchev–Trinajstić information content (AvgIpc) is 2.62. The first kappa shape index (κ1) is 22.0. The van der Waals surface area contributed by atoms with Gasteiger partial charge in [-0.05, 0) is 5.56 Å². The van der Waals surface area contributed by atoms with Gasteiger partial charge in [0, 0.05) is 45.9 Å². The zero-order valence-corrected chi connectivity index (χ0v) is 15.8. The molecule has 0 radical (unpaired) electrons. The Labute approximate surface area is 142 Å². The van der Waals surface area contributed by atoms with E-state index in [1.54, 1.807) is 21.3 Å². The summed E-state index contributed by atoms with van der Waals surface area (Å²) in [6.07, 6.45) is 2.88. The molecule has 0 saturated carbocycles. The van der Waals surface area contributed by atoms with Gasteiger partial charge in [0.1, 0.15) is 0 Å². The summed E-state index contributed by atoms with van der Waals surface area (Å²) >= 11 is 0. The molecule has 0 aromatic heterocycles. The maximum absolute atomic E-state index is 5.86. The highest BCUT2D eigenvalue weighted by molar-refractivity contribution is 6.60. The van der Waals surface area contributed by atoms with Gasteiger partial charge in [-0.25, -0.2) is 0 Å². The molecule has 0 aliphatic rings. The maximum atomic E-state index is 5.86. The highest BCUT2D eigenvalue weighted by Crippen LogP contribution is 2.18. The summed E-state index contributed by atoms with van der Waals surface area (Å²) in [7, 11) is 2.68. The van der Waals surface area contributed by atoms with E-state index in [0.29, 0.717) is 6.54 Å². The fourth-order valence-corrected chi connectivity index (χ4v) is 3.97. The highest BCUT2D eigenvalue weighted by atomic mass is 28.4. The van der Waals surface area contributed by atoms with Gasteiger partial charge in [-0.3, -0.25) is 0 Å². The van der Waals surface area contributed by atoms with Crippen molar-refractivity contribution in [3.8, 4) is 0 Å². The van der Waals surface area contributed by atoms with Crippen molar-refractivity contribution in [1.82, 2.24) is 0 Å². The summed E-state index contributed by atoms with van der Waals surface area (Å²) in [6.45, 7) is 6.33. The van der Waals surface area contributed by atoms with Crippen LogP contribution in [0.3, 0.4) is 0 Å². The fraction of sp³-hybridized carbons (Fsp3) is 0.529. The van der Waals surface area contributed by atoms with Crippen molar-refractivity contribution in [2.75, 3.05) is 27.9 Å². The van der Waals surface area contributed by atoms with Gasteiger partial charge in [0.2, 0.25) is 0 Å². The molecule has 0 fully saturated rings. The van der Waals surface area contributed by atoms with Crippen LogP contribution in [-0.4, -0.2) is 42.7 Å². The average molecular weight is 341 g/mol. The second-order valence-corrected chi connectivity index (χ2v) is 8.21. The molecule has 0 bridgehead atoms. The molecule has 2 atom stereocenters. The molecule has 2 unspecified atom stereocenters. The molecule has 0 amide bonds. The molecule has 0 aliphatic heterocycles. The van der Waals surface area contributed by atoms with Crippen molar-refractivity contribution in [3.05, 3.63) is 48.6 Å². The number of rotatable bonds is 9. The summed E-state index contributed by atoms with van der Waals surface area (Å²) in [5.41, 5.74) is 12.6. The van der Waals surface area contributed by atoms with Crippen molar-refractivity contribution in [2.24, 2.45) is 11.5 Å². The van der Waals surface area contributed by atoms with E-state index in [-0.39, 0.29) is 12.0 Å². The number of nitrogens with two attached hydrogens (primary N) is 2. The van der Waals surface area contributed by atoms with Gasteiger partial charge >= 0.3 is 8.80 Å². The van der Waals surface area contributed by atoms with E-state index in [4.69, 9.17) is 24.7 Å². The van der Waals surface area contributed by atoms with Crippen LogP contribution in [0.1, 0.15) is 24.8 Å². The van der Waals surface area contributed by atoms with Gasteiger partial charge in [0.05, 0.1) is 0 Å². The molecule has 0 aliphatic carbocycles. The number of benzene rings is 1. The van der Waals surface area contributed by atoms with Gasteiger partial charge in [-0.2, -0.15) is 0 Å². The third-order valence-corrected chi connectivity index (χ3v) is 6.64. The van der Waals surface area contributed by atoms with Crippen LogP contribution in [0.2, 0.25) is 6.04 Å². The molecule has 0 spiro atoms. The molecule has 4 N–H and O–H groups in total. The summed E-state index contributed by atoms with van der Waals surface area (Å²) in [4.78, 5) is 0. The van der Waals surface area contributed by atoms with Crippen LogP contribution in [0.5, 0.6) is 0 Å². The monoisotopic (exact) mass is 340 g/mol. The van der Waals surface area contributed by atoms with Crippen molar-refractivity contribution in [3.63, 3.8) is 0 Å². The zero-order valence-electron chi connectivity index (χ0n) is 14.8. The smallest absolute Gasteiger partial charge is 0.377 e. The SMILES string of the molecule is C=CC(c1ccccc1)C(N)CN.CCC[Si](OC)(OC)OC. The predicted molar refractivity (Wildman–Crippen MR) is 98.3 cm³/mol. The molecule has 6 heteroatoms. The zero-order chi connectivity index (χ0) is 17.7. The molecule has 0 saturated heterocycles. The van der Waals surface area contributed by atoms with Crippen LogP contribution in [0.4, 0.5) is 0 Å². The second-order valence-electron chi connectivity index (χ2n) is 5.12. The van der Waals surface area contributed by atoms with Crippen molar-refractivity contribution in [1.29, 1.82) is 0 Å². The van der Waals surface area contributed by atoms with Crippen molar-refractivity contribution < 1.29 is 13.3 Å². The standard InChI is InChI=1S/C11H16N2.C6H16O3Si/c1-2-10(11(13)8-12)9-6-4-3-5-7-9;1-5-6-10(7-2,8-3)9-4/h2-7,10-11H,1,8,12-13H2;5-6H2,1-4H3. The Hall–Kier alpha value is -1.02. The topological polar surface area (TPSA) is 79.7 Å². The van der Waals surface area contributed by atoms with Crippen LogP contribution < -0.4 is 11.5 Å². The van der Waals surface area contributed by atoms with Gasteiger partial charge < -0.3 is 24.7 Å². The Morgan fingerprint density at radius 2 is 1.65 bits per heavy atom. The fourth-order valence-electron chi connectivity index (χ4n) is 2.24. The quantitative estimate of drug-likeness (QED) is 0.533. The summed E-state index contributed by atoms with van der Waals surface area (Å²) < 4.78 is 15.5. The van der Waals surface area contributed by atoms with Crippen molar-refractivity contribution >= 4 is 8.80 Å². The molecule has 1 aromatic rings. The number of hydrogen-bond acceptors (Lipinski definition) is 5. The lowest BCUT2D eigenvalue weighted by molar-refractivity contribution is 0.123. The Bertz CT molecular complexity index is 405. The van der Waals surface area contributed by atoms with E-state index < -0.39 is 8.80 Å². The predicted octanol–water partition coefficient (Wildman–Crippen LogP) is 2.52. The molecule has 5 nitrogen and oxygen atoms in total. The van der Waals surface area contributed by atoms with E-state index in [1.165, 1.54) is 5.56 Å². The summed E-state index contributed by atoms with van der Waals surface area (Å²) in [5.74, 6) is 0.159. The Balaban J connectivity index is 0.000000438. The first-order chi connectivity index (χ1) is 11.0. The number of hydrogen-bond donors (Lipinski definition) is 2. The Morgan fingerprint density at radius 3 is 1.96 bits per heavy atom. The van der Waals surface area contributed by atoms with Crippen LogP contribution in [0, 0.1) is 0 Å². The molecular weight excluding hydrogens is 308 g/mol. The lowest BCUT2D eigenvalue weighted by Gasteiger charge is -2.23. The van der Waals surface area contributed by atoms with E-state index in [1.807, 2.05) is 36.4 Å². The first-order valence-electron chi connectivity index (χ1n) is 7.82. The van der Waals surface area contributed by atoms with E-state index in [2.05, 4.69) is 13.5 Å². The van der Waals surface area contributed by atoms with Gasteiger partial charge in [0.15, 0.2) is 0 Å². The summed E-state index contributed by atoms with van der Waals surface area (Å²) in [5, 5.41) is 0. The Morgan fingerprint density at radius 1 is 1.13 bits per heavy atom. The third kappa shape index (κ3) is 7.39. The van der Waals surface area contributed by atoms with Gasteiger partial charge in [-0.15, -0.1) is 6.58 Å². The van der Waals surface area contributed by atoms with Crippen molar-refractivity contribution in [2.45, 2.75) is 31.3 Å². The normalized spacial score (nSPS) is 13.7. The first-order valence-corrected chi connectivity index (χ1v) is 9.75. The minimum atomic E-state index is -2.22. The molecule has 132 valence electrons. The largest absolute Gasteiger partial charge is 0.500 e. The van der Waals surface area contributed by atoms with Gasteiger partial charge in [0.25, 0.3) is 0 Å². The lowest BCUT2D eigenvalue weighted by Crippen LogP contribution is -2.42. The minimum Gasteiger partial charge on any atom is -0.377 e. The molecule has 1 aromatic carbocycles.